The number of carbonyl (C=O) groups excluding carboxylic acids is 2. The molecule has 24 heavy (non-hydrogen) atoms. The van der Waals surface area contributed by atoms with Gasteiger partial charge in [0.15, 0.2) is 9.84 Å². The highest BCUT2D eigenvalue weighted by molar-refractivity contribution is 7.91. The molecule has 8 heteroatoms. The van der Waals surface area contributed by atoms with E-state index in [1.54, 1.807) is 24.3 Å². The van der Waals surface area contributed by atoms with Crippen molar-refractivity contribution in [2.24, 2.45) is 0 Å². The first-order valence-corrected chi connectivity index (χ1v) is 9.62. The molecule has 0 bridgehead atoms. The minimum absolute atomic E-state index is 0.0377. The number of hydrogen-bond acceptors (Lipinski definition) is 5. The van der Waals surface area contributed by atoms with E-state index in [1.807, 2.05) is 13.8 Å². The molecule has 0 saturated carbocycles. The summed E-state index contributed by atoms with van der Waals surface area (Å²) in [5, 5.41) is 5.13. The molecule has 0 spiro atoms. The molecule has 2 N–H and O–H groups in total. The van der Waals surface area contributed by atoms with Crippen molar-refractivity contribution >= 4 is 21.7 Å². The summed E-state index contributed by atoms with van der Waals surface area (Å²) in [6.45, 7) is 3.63. The van der Waals surface area contributed by atoms with Crippen LogP contribution in [0.1, 0.15) is 30.6 Å². The average Bonchev–Trinajstić information content (AvgIpc) is 2.83. The van der Waals surface area contributed by atoms with Crippen LogP contribution in [0, 0.1) is 0 Å². The van der Waals surface area contributed by atoms with E-state index >= 15 is 0 Å². The third-order valence-electron chi connectivity index (χ3n) is 3.50. The van der Waals surface area contributed by atoms with E-state index in [-0.39, 0.29) is 36.1 Å². The maximum Gasteiger partial charge on any atom is 0.251 e. The quantitative estimate of drug-likeness (QED) is 0.775. The Bertz CT molecular complexity index is 698. The zero-order chi connectivity index (χ0) is 17.7. The number of nitrogens with one attached hydrogen (secondary N) is 2. The van der Waals surface area contributed by atoms with E-state index in [4.69, 9.17) is 4.74 Å². The second-order valence-electron chi connectivity index (χ2n) is 6.04. The molecule has 1 heterocycles. The van der Waals surface area contributed by atoms with Crippen LogP contribution >= 0.6 is 0 Å². The van der Waals surface area contributed by atoms with Crippen molar-refractivity contribution in [3.8, 4) is 5.75 Å². The minimum atomic E-state index is -3.04. The molecule has 1 aliphatic rings. The van der Waals surface area contributed by atoms with Crippen LogP contribution in [0.5, 0.6) is 5.75 Å². The van der Waals surface area contributed by atoms with Gasteiger partial charge in [0.05, 0.1) is 24.2 Å². The number of amides is 2. The molecule has 7 nitrogen and oxygen atoms in total. The fourth-order valence-corrected chi connectivity index (χ4v) is 4.08. The van der Waals surface area contributed by atoms with Crippen LogP contribution < -0.4 is 15.4 Å². The van der Waals surface area contributed by atoms with Gasteiger partial charge >= 0.3 is 0 Å². The first-order chi connectivity index (χ1) is 11.2. The Morgan fingerprint density at radius 3 is 2.46 bits per heavy atom. The number of hydrogen-bond donors (Lipinski definition) is 2. The molecule has 1 aromatic rings. The van der Waals surface area contributed by atoms with Gasteiger partial charge in [-0.1, -0.05) is 0 Å². The van der Waals surface area contributed by atoms with Crippen molar-refractivity contribution in [3.05, 3.63) is 29.8 Å². The molecule has 132 valence electrons. The molecular weight excluding hydrogens is 332 g/mol. The normalized spacial score (nSPS) is 19.0. The Morgan fingerprint density at radius 1 is 1.25 bits per heavy atom. The molecule has 2 rings (SSSR count). The van der Waals surface area contributed by atoms with Crippen molar-refractivity contribution in [1.82, 2.24) is 10.6 Å². The van der Waals surface area contributed by atoms with Gasteiger partial charge in [-0.3, -0.25) is 9.59 Å². The summed E-state index contributed by atoms with van der Waals surface area (Å²) >= 11 is 0. The highest BCUT2D eigenvalue weighted by Crippen LogP contribution is 2.14. The molecule has 0 aliphatic carbocycles. The lowest BCUT2D eigenvalue weighted by Gasteiger charge is -2.12. The Kier molecular flexibility index (Phi) is 5.82. The maximum absolute atomic E-state index is 12.0. The van der Waals surface area contributed by atoms with E-state index in [1.165, 1.54) is 0 Å². The average molecular weight is 354 g/mol. The van der Waals surface area contributed by atoms with Gasteiger partial charge in [0.25, 0.3) is 5.91 Å². The van der Waals surface area contributed by atoms with Gasteiger partial charge in [0.1, 0.15) is 5.75 Å². The predicted octanol–water partition coefficient (Wildman–Crippen LogP) is 0.507. The number of rotatable bonds is 6. The van der Waals surface area contributed by atoms with E-state index < -0.39 is 15.7 Å². The SMILES string of the molecule is CC(C)Oc1ccc(C(=O)NCC(=O)NC2CCS(=O)(=O)C2)cc1. The van der Waals surface area contributed by atoms with Gasteiger partial charge in [-0.2, -0.15) is 0 Å². The number of benzene rings is 1. The van der Waals surface area contributed by atoms with Gasteiger partial charge in [-0.05, 0) is 44.5 Å². The van der Waals surface area contributed by atoms with E-state index in [0.717, 1.165) is 0 Å². The summed E-state index contributed by atoms with van der Waals surface area (Å²) in [7, 11) is -3.04. The summed E-state index contributed by atoms with van der Waals surface area (Å²) < 4.78 is 28.2. The molecule has 1 saturated heterocycles. The van der Waals surface area contributed by atoms with E-state index in [2.05, 4.69) is 10.6 Å². The van der Waals surface area contributed by atoms with Crippen molar-refractivity contribution < 1.29 is 22.7 Å². The van der Waals surface area contributed by atoms with Gasteiger partial charge in [-0.15, -0.1) is 0 Å². The molecule has 2 amide bonds. The molecule has 0 radical (unpaired) electrons. The fourth-order valence-electron chi connectivity index (χ4n) is 2.41. The van der Waals surface area contributed by atoms with E-state index in [0.29, 0.717) is 17.7 Å². The minimum Gasteiger partial charge on any atom is -0.491 e. The summed E-state index contributed by atoms with van der Waals surface area (Å²) in [6.07, 6.45) is 0.465. The molecule has 1 aromatic carbocycles. The highest BCUT2D eigenvalue weighted by Gasteiger charge is 2.28. The third kappa shape index (κ3) is 5.52. The second kappa shape index (κ2) is 7.65. The van der Waals surface area contributed by atoms with Crippen molar-refractivity contribution in [3.63, 3.8) is 0 Å². The lowest BCUT2D eigenvalue weighted by molar-refractivity contribution is -0.120. The lowest BCUT2D eigenvalue weighted by Crippen LogP contribution is -2.42. The Labute approximate surface area is 141 Å². The first kappa shape index (κ1) is 18.3. The van der Waals surface area contributed by atoms with Crippen molar-refractivity contribution in [2.45, 2.75) is 32.4 Å². The van der Waals surface area contributed by atoms with Gasteiger partial charge in [-0.25, -0.2) is 8.42 Å². The summed E-state index contributed by atoms with van der Waals surface area (Å²) in [5.41, 5.74) is 0.419. The third-order valence-corrected chi connectivity index (χ3v) is 5.26. The first-order valence-electron chi connectivity index (χ1n) is 7.80. The van der Waals surface area contributed by atoms with Crippen molar-refractivity contribution in [1.29, 1.82) is 0 Å². The topological polar surface area (TPSA) is 102 Å². The second-order valence-corrected chi connectivity index (χ2v) is 8.27. The van der Waals surface area contributed by atoms with E-state index in [9.17, 15) is 18.0 Å². The Balaban J connectivity index is 1.79. The fraction of sp³-hybridized carbons (Fsp3) is 0.500. The van der Waals surface area contributed by atoms with Gasteiger partial charge < -0.3 is 15.4 Å². The Hall–Kier alpha value is -2.09. The number of sulfone groups is 1. The molecule has 1 fully saturated rings. The van der Waals surface area contributed by atoms with Crippen LogP contribution in [-0.2, 0) is 14.6 Å². The predicted molar refractivity (Wildman–Crippen MR) is 89.7 cm³/mol. The largest absolute Gasteiger partial charge is 0.491 e. The Morgan fingerprint density at radius 2 is 1.92 bits per heavy atom. The molecular formula is C16H22N2O5S. The summed E-state index contributed by atoms with van der Waals surface area (Å²) in [4.78, 5) is 23.8. The van der Waals surface area contributed by atoms with Crippen LogP contribution in [0.4, 0.5) is 0 Å². The van der Waals surface area contributed by atoms with Gasteiger partial charge in [0, 0.05) is 11.6 Å². The van der Waals surface area contributed by atoms with Gasteiger partial charge in [0.2, 0.25) is 5.91 Å². The smallest absolute Gasteiger partial charge is 0.251 e. The number of carbonyl (C=O) groups is 2. The molecule has 0 aromatic heterocycles. The molecule has 1 atom stereocenters. The highest BCUT2D eigenvalue weighted by atomic mass is 32.2. The summed E-state index contributed by atoms with van der Waals surface area (Å²) in [5.74, 6) is -0.0497. The van der Waals surface area contributed by atoms with Crippen LogP contribution in [0.2, 0.25) is 0 Å². The van der Waals surface area contributed by atoms with Crippen LogP contribution in [-0.4, -0.2) is 50.4 Å². The monoisotopic (exact) mass is 354 g/mol. The zero-order valence-electron chi connectivity index (χ0n) is 13.7. The molecule has 1 aliphatic heterocycles. The van der Waals surface area contributed by atoms with Crippen molar-refractivity contribution in [2.75, 3.05) is 18.1 Å². The standard InChI is InChI=1S/C16H22N2O5S/c1-11(2)23-14-5-3-12(4-6-14)16(20)17-9-15(19)18-13-7-8-24(21,22)10-13/h3-6,11,13H,7-10H2,1-2H3,(H,17,20)(H,18,19). The van der Waals surface area contributed by atoms with Crippen LogP contribution in [0.3, 0.4) is 0 Å². The summed E-state index contributed by atoms with van der Waals surface area (Å²) in [6, 6.07) is 6.26. The lowest BCUT2D eigenvalue weighted by atomic mass is 10.2. The van der Waals surface area contributed by atoms with Crippen LogP contribution in [0.25, 0.3) is 0 Å². The number of ether oxygens (including phenoxy) is 1. The maximum atomic E-state index is 12.0. The van der Waals surface area contributed by atoms with Crippen LogP contribution in [0.15, 0.2) is 24.3 Å². The molecule has 1 unspecified atom stereocenters. The zero-order valence-corrected chi connectivity index (χ0v) is 14.6.